The van der Waals surface area contributed by atoms with E-state index in [2.05, 4.69) is 40.7 Å². The van der Waals surface area contributed by atoms with Gasteiger partial charge in [-0.15, -0.1) is 0 Å². The number of rotatable bonds is 5. The van der Waals surface area contributed by atoms with E-state index in [1.807, 2.05) is 6.07 Å². The molecule has 1 fully saturated rings. The molecule has 0 spiro atoms. The minimum atomic E-state index is -0.451. The molecule has 0 aliphatic carbocycles. The van der Waals surface area contributed by atoms with Gasteiger partial charge in [0.25, 0.3) is 0 Å². The summed E-state index contributed by atoms with van der Waals surface area (Å²) < 4.78 is 11.6. The SMILES string of the molecule is Cc1cc(C)c(C)c(OC[C@@H](O)C[NH+]2C[C@@H](C)O[C@H](C)C2)c1. The molecule has 124 valence electrons. The molecule has 4 heteroatoms. The maximum atomic E-state index is 10.3. The molecule has 0 bridgehead atoms. The molecular weight excluding hydrogens is 278 g/mol. The molecule has 0 aromatic heterocycles. The van der Waals surface area contributed by atoms with Gasteiger partial charge in [0.15, 0.2) is 0 Å². The van der Waals surface area contributed by atoms with Gasteiger partial charge in [0.2, 0.25) is 0 Å². The number of aliphatic hydroxyl groups excluding tert-OH is 1. The molecule has 1 saturated heterocycles. The van der Waals surface area contributed by atoms with Crippen LogP contribution in [0.4, 0.5) is 0 Å². The predicted octanol–water partition coefficient (Wildman–Crippen LogP) is 1.04. The Bertz CT molecular complexity index is 493. The van der Waals surface area contributed by atoms with Crippen molar-refractivity contribution in [2.45, 2.75) is 52.9 Å². The predicted molar refractivity (Wildman–Crippen MR) is 87.7 cm³/mol. The van der Waals surface area contributed by atoms with Gasteiger partial charge in [0, 0.05) is 0 Å². The second kappa shape index (κ2) is 7.44. The highest BCUT2D eigenvalue weighted by atomic mass is 16.5. The van der Waals surface area contributed by atoms with Gasteiger partial charge in [0.1, 0.15) is 50.3 Å². The quantitative estimate of drug-likeness (QED) is 0.854. The molecule has 1 heterocycles. The van der Waals surface area contributed by atoms with E-state index in [4.69, 9.17) is 9.47 Å². The maximum absolute atomic E-state index is 10.3. The minimum absolute atomic E-state index is 0.258. The van der Waals surface area contributed by atoms with Gasteiger partial charge in [-0.05, 0) is 57.4 Å². The van der Waals surface area contributed by atoms with Crippen molar-refractivity contribution in [3.05, 3.63) is 28.8 Å². The molecule has 4 nitrogen and oxygen atoms in total. The topological polar surface area (TPSA) is 43.1 Å². The molecule has 0 amide bonds. The number of hydrogen-bond acceptors (Lipinski definition) is 3. The molecule has 1 aliphatic heterocycles. The third-order valence-corrected chi connectivity index (χ3v) is 4.34. The fraction of sp³-hybridized carbons (Fsp3) is 0.667. The van der Waals surface area contributed by atoms with Crippen LogP contribution in [0.5, 0.6) is 5.75 Å². The summed E-state index contributed by atoms with van der Waals surface area (Å²) in [6, 6.07) is 4.19. The van der Waals surface area contributed by atoms with Gasteiger partial charge < -0.3 is 19.5 Å². The van der Waals surface area contributed by atoms with Crippen molar-refractivity contribution in [1.29, 1.82) is 0 Å². The third-order valence-electron chi connectivity index (χ3n) is 4.34. The Morgan fingerprint density at radius 1 is 1.23 bits per heavy atom. The lowest BCUT2D eigenvalue weighted by molar-refractivity contribution is -0.918. The molecule has 2 N–H and O–H groups in total. The molecule has 0 radical (unpaired) electrons. The van der Waals surface area contributed by atoms with Crippen molar-refractivity contribution in [1.82, 2.24) is 0 Å². The van der Waals surface area contributed by atoms with Crippen molar-refractivity contribution >= 4 is 0 Å². The highest BCUT2D eigenvalue weighted by Gasteiger charge is 2.27. The Kier molecular flexibility index (Phi) is 5.84. The minimum Gasteiger partial charge on any atom is -0.490 e. The molecule has 1 aromatic carbocycles. The van der Waals surface area contributed by atoms with Gasteiger partial charge in [-0.3, -0.25) is 0 Å². The number of ether oxygens (including phenoxy) is 2. The number of aliphatic hydroxyl groups is 1. The Balaban J connectivity index is 1.86. The summed E-state index contributed by atoms with van der Waals surface area (Å²) in [5.41, 5.74) is 3.57. The highest BCUT2D eigenvalue weighted by Crippen LogP contribution is 2.23. The Morgan fingerprint density at radius 2 is 1.86 bits per heavy atom. The van der Waals surface area contributed by atoms with Crippen molar-refractivity contribution < 1.29 is 19.5 Å². The molecule has 0 saturated carbocycles. The number of aryl methyl sites for hydroxylation is 2. The second-order valence-electron chi connectivity index (χ2n) is 6.79. The zero-order chi connectivity index (χ0) is 16.3. The van der Waals surface area contributed by atoms with Crippen LogP contribution in [0.1, 0.15) is 30.5 Å². The Labute approximate surface area is 134 Å². The number of hydrogen-bond donors (Lipinski definition) is 2. The molecule has 1 aromatic rings. The third kappa shape index (κ3) is 4.70. The standard InChI is InChI=1S/C18H29NO3/c1-12-6-13(2)16(5)18(7-12)21-11-17(20)10-19-8-14(3)22-15(4)9-19/h6-7,14-15,17,20H,8-11H2,1-5H3/p+1/t14-,15-,17+/m1/s1. The van der Waals surface area contributed by atoms with E-state index in [0.717, 1.165) is 24.4 Å². The first-order valence-corrected chi connectivity index (χ1v) is 8.23. The molecule has 2 rings (SSSR count). The van der Waals surface area contributed by atoms with Crippen LogP contribution in [0.25, 0.3) is 0 Å². The second-order valence-corrected chi connectivity index (χ2v) is 6.79. The maximum Gasteiger partial charge on any atom is 0.137 e. The number of quaternary nitrogens is 1. The van der Waals surface area contributed by atoms with Crippen LogP contribution in [0.3, 0.4) is 0 Å². The van der Waals surface area contributed by atoms with E-state index in [1.54, 1.807) is 0 Å². The van der Waals surface area contributed by atoms with E-state index < -0.39 is 6.10 Å². The van der Waals surface area contributed by atoms with Crippen LogP contribution in [0, 0.1) is 20.8 Å². The lowest BCUT2D eigenvalue weighted by Gasteiger charge is -2.33. The van der Waals surface area contributed by atoms with Crippen LogP contribution in [0.2, 0.25) is 0 Å². The fourth-order valence-electron chi connectivity index (χ4n) is 3.28. The van der Waals surface area contributed by atoms with Gasteiger partial charge in [0.05, 0.1) is 0 Å². The van der Waals surface area contributed by atoms with Crippen LogP contribution >= 0.6 is 0 Å². The van der Waals surface area contributed by atoms with Gasteiger partial charge in [-0.2, -0.15) is 0 Å². The Hall–Kier alpha value is -1.10. The average molecular weight is 308 g/mol. The Morgan fingerprint density at radius 3 is 2.50 bits per heavy atom. The first-order chi connectivity index (χ1) is 10.3. The van der Waals surface area contributed by atoms with Crippen molar-refractivity contribution in [2.24, 2.45) is 0 Å². The number of nitrogens with one attached hydrogen (secondary N) is 1. The lowest BCUT2D eigenvalue weighted by atomic mass is 10.1. The molecule has 1 aliphatic rings. The van der Waals surface area contributed by atoms with E-state index >= 15 is 0 Å². The van der Waals surface area contributed by atoms with Gasteiger partial charge >= 0.3 is 0 Å². The van der Waals surface area contributed by atoms with E-state index in [0.29, 0.717) is 13.2 Å². The number of benzene rings is 1. The summed E-state index contributed by atoms with van der Waals surface area (Å²) in [6.45, 7) is 13.4. The van der Waals surface area contributed by atoms with Crippen LogP contribution < -0.4 is 9.64 Å². The molecule has 0 unspecified atom stereocenters. The van der Waals surface area contributed by atoms with Crippen LogP contribution in [-0.4, -0.2) is 49.7 Å². The monoisotopic (exact) mass is 308 g/mol. The van der Waals surface area contributed by atoms with Gasteiger partial charge in [-0.1, -0.05) is 6.07 Å². The largest absolute Gasteiger partial charge is 0.490 e. The van der Waals surface area contributed by atoms with E-state index in [9.17, 15) is 5.11 Å². The first-order valence-electron chi connectivity index (χ1n) is 8.23. The average Bonchev–Trinajstić information content (AvgIpc) is 2.40. The zero-order valence-corrected chi connectivity index (χ0v) is 14.5. The van der Waals surface area contributed by atoms with E-state index in [-0.39, 0.29) is 12.2 Å². The first kappa shape index (κ1) is 17.3. The summed E-state index contributed by atoms with van der Waals surface area (Å²) in [6.07, 6.45) is 0.0646. The van der Waals surface area contributed by atoms with Crippen molar-refractivity contribution in [3.63, 3.8) is 0 Å². The van der Waals surface area contributed by atoms with Crippen molar-refractivity contribution in [2.75, 3.05) is 26.2 Å². The molecular formula is C18H30NO3+. The lowest BCUT2D eigenvalue weighted by Crippen LogP contribution is -3.16. The molecule has 22 heavy (non-hydrogen) atoms. The smallest absolute Gasteiger partial charge is 0.137 e. The van der Waals surface area contributed by atoms with E-state index in [1.165, 1.54) is 16.0 Å². The summed E-state index contributed by atoms with van der Waals surface area (Å²) in [4.78, 5) is 1.39. The van der Waals surface area contributed by atoms with Crippen LogP contribution in [0.15, 0.2) is 12.1 Å². The summed E-state index contributed by atoms with van der Waals surface area (Å²) in [5.74, 6) is 0.885. The zero-order valence-electron chi connectivity index (χ0n) is 14.5. The van der Waals surface area contributed by atoms with Crippen LogP contribution in [-0.2, 0) is 4.74 Å². The fourth-order valence-corrected chi connectivity index (χ4v) is 3.28. The number of morpholine rings is 1. The molecule has 3 atom stereocenters. The van der Waals surface area contributed by atoms with Crippen molar-refractivity contribution in [3.8, 4) is 5.75 Å². The normalized spacial score (nSPS) is 26.7. The highest BCUT2D eigenvalue weighted by molar-refractivity contribution is 5.41. The van der Waals surface area contributed by atoms with Gasteiger partial charge in [-0.25, -0.2) is 0 Å². The summed E-state index contributed by atoms with van der Waals surface area (Å²) in [5, 5.41) is 10.3. The summed E-state index contributed by atoms with van der Waals surface area (Å²) in [7, 11) is 0. The summed E-state index contributed by atoms with van der Waals surface area (Å²) >= 11 is 0.